The number of carbonyl (C=O) groups excluding carboxylic acids is 3. The van der Waals surface area contributed by atoms with Gasteiger partial charge in [0.1, 0.15) is 18.1 Å². The number of nitrogens with one attached hydrogen (secondary N) is 3. The van der Waals surface area contributed by atoms with Crippen molar-refractivity contribution >= 4 is 35.6 Å². The SMILES string of the molecule is NCCCCC(NC(=O)C(CCCN=C(N)N)NC(=O)C(N)CCCN=C(N)N)C(=O)NC(CO)C(=O)O. The Morgan fingerprint density at radius 3 is 1.58 bits per heavy atom. The van der Waals surface area contributed by atoms with Gasteiger partial charge in [0.05, 0.1) is 12.6 Å². The van der Waals surface area contributed by atoms with E-state index in [0.717, 1.165) is 0 Å². The number of nitrogens with zero attached hydrogens (tertiary/aromatic N) is 2. The number of nitrogens with two attached hydrogens (primary N) is 6. The van der Waals surface area contributed by atoms with Gasteiger partial charge in [-0.2, -0.15) is 0 Å². The number of aliphatic imine (C=N–C) groups is 2. The maximum atomic E-state index is 13.1. The lowest BCUT2D eigenvalue weighted by Gasteiger charge is -2.25. The number of carbonyl (C=O) groups is 4. The molecule has 17 heteroatoms. The van der Waals surface area contributed by atoms with Crippen LogP contribution >= 0.6 is 0 Å². The molecule has 0 spiro atoms. The van der Waals surface area contributed by atoms with Gasteiger partial charge in [0.15, 0.2) is 11.9 Å². The van der Waals surface area contributed by atoms with Gasteiger partial charge in [0.2, 0.25) is 17.7 Å². The molecule has 3 amide bonds. The summed E-state index contributed by atoms with van der Waals surface area (Å²) in [5.41, 5.74) is 32.6. The minimum Gasteiger partial charge on any atom is -0.480 e. The van der Waals surface area contributed by atoms with Crippen molar-refractivity contribution in [2.75, 3.05) is 26.2 Å². The summed E-state index contributed by atoms with van der Waals surface area (Å²) in [6.07, 6.45) is 2.24. The van der Waals surface area contributed by atoms with E-state index in [4.69, 9.17) is 39.5 Å². The third-order valence-corrected chi connectivity index (χ3v) is 5.26. The summed E-state index contributed by atoms with van der Waals surface area (Å²) in [6, 6.07) is -4.75. The molecule has 0 aromatic heterocycles. The van der Waals surface area contributed by atoms with Crippen molar-refractivity contribution in [3.05, 3.63) is 0 Å². The first-order valence-corrected chi connectivity index (χ1v) is 12.2. The highest BCUT2D eigenvalue weighted by atomic mass is 16.4. The van der Waals surface area contributed by atoms with Gasteiger partial charge in [0.25, 0.3) is 0 Å². The molecular formula is C21H43N11O6. The molecule has 0 aromatic rings. The molecule has 0 fully saturated rings. The molecule has 0 radical (unpaired) electrons. The lowest BCUT2D eigenvalue weighted by Crippen LogP contribution is -2.57. The average Bonchev–Trinajstić information content (AvgIpc) is 2.85. The van der Waals surface area contributed by atoms with Crippen molar-refractivity contribution in [2.24, 2.45) is 44.4 Å². The van der Waals surface area contributed by atoms with Crippen LogP contribution in [0.15, 0.2) is 9.98 Å². The molecule has 0 aliphatic rings. The number of aliphatic carboxylic acids is 1. The maximum Gasteiger partial charge on any atom is 0.328 e. The summed E-state index contributed by atoms with van der Waals surface area (Å²) in [4.78, 5) is 57.4. The highest BCUT2D eigenvalue weighted by Crippen LogP contribution is 2.06. The molecule has 38 heavy (non-hydrogen) atoms. The zero-order valence-electron chi connectivity index (χ0n) is 21.5. The highest BCUT2D eigenvalue weighted by Gasteiger charge is 2.29. The van der Waals surface area contributed by atoms with Gasteiger partial charge in [-0.15, -0.1) is 0 Å². The number of hydrogen-bond acceptors (Lipinski definition) is 9. The Kier molecular flexibility index (Phi) is 17.5. The summed E-state index contributed by atoms with van der Waals surface area (Å²) in [5.74, 6) is -3.76. The molecule has 0 saturated heterocycles. The lowest BCUT2D eigenvalue weighted by atomic mass is 10.0. The molecule has 0 rings (SSSR count). The van der Waals surface area contributed by atoms with Crippen LogP contribution in [0.2, 0.25) is 0 Å². The van der Waals surface area contributed by atoms with Crippen LogP contribution in [-0.4, -0.2) is 96.2 Å². The second-order valence-corrected chi connectivity index (χ2v) is 8.49. The smallest absolute Gasteiger partial charge is 0.328 e. The van der Waals surface area contributed by atoms with E-state index in [-0.39, 0.29) is 44.3 Å². The van der Waals surface area contributed by atoms with E-state index in [0.29, 0.717) is 32.2 Å². The van der Waals surface area contributed by atoms with Gasteiger partial charge in [-0.05, 0) is 51.5 Å². The van der Waals surface area contributed by atoms with E-state index in [1.165, 1.54) is 0 Å². The van der Waals surface area contributed by atoms with Crippen LogP contribution in [0.3, 0.4) is 0 Å². The van der Waals surface area contributed by atoms with Gasteiger partial charge in [-0.25, -0.2) is 4.79 Å². The topological polar surface area (TPSA) is 326 Å². The Labute approximate surface area is 221 Å². The fourth-order valence-corrected chi connectivity index (χ4v) is 3.19. The molecule has 0 heterocycles. The Bertz CT molecular complexity index is 815. The van der Waals surface area contributed by atoms with Crippen LogP contribution in [0.5, 0.6) is 0 Å². The molecule has 4 unspecified atom stereocenters. The van der Waals surface area contributed by atoms with Crippen LogP contribution in [0.25, 0.3) is 0 Å². The maximum absolute atomic E-state index is 13.1. The predicted octanol–water partition coefficient (Wildman–Crippen LogP) is -4.92. The third-order valence-electron chi connectivity index (χ3n) is 5.26. The number of carboxylic acid groups (broad SMARTS) is 1. The van der Waals surface area contributed by atoms with Gasteiger partial charge in [-0.1, -0.05) is 0 Å². The molecular weight excluding hydrogens is 502 g/mol. The number of aliphatic hydroxyl groups excluding tert-OH is 1. The fourth-order valence-electron chi connectivity index (χ4n) is 3.19. The molecule has 0 aliphatic heterocycles. The Morgan fingerprint density at radius 1 is 0.684 bits per heavy atom. The molecule has 4 atom stereocenters. The first-order chi connectivity index (χ1) is 17.9. The van der Waals surface area contributed by atoms with E-state index in [1.54, 1.807) is 0 Å². The first kappa shape index (κ1) is 34.3. The Morgan fingerprint density at radius 2 is 1.13 bits per heavy atom. The highest BCUT2D eigenvalue weighted by molar-refractivity contribution is 5.94. The minimum absolute atomic E-state index is 0.0840. The second kappa shape index (κ2) is 19.4. The standard InChI is InChI=1S/C21H43N11O6/c22-8-2-1-6-13(18(36)32-15(11-33)19(37)38)31-17(35)14(7-4-10-29-21(26)27)30-16(34)12(23)5-3-9-28-20(24)25/h12-15,33H,1-11,22-23H2,(H,30,34)(H,31,35)(H,32,36)(H,37,38)(H4,24,25,28)(H4,26,27,29). The molecule has 0 aromatic carbocycles. The molecule has 0 saturated carbocycles. The normalized spacial score (nSPS) is 13.8. The summed E-state index contributed by atoms with van der Waals surface area (Å²) >= 11 is 0. The molecule has 17 N–H and O–H groups in total. The fraction of sp³-hybridized carbons (Fsp3) is 0.714. The Balaban J connectivity index is 5.50. The van der Waals surface area contributed by atoms with Crippen molar-refractivity contribution in [1.29, 1.82) is 0 Å². The van der Waals surface area contributed by atoms with Crippen molar-refractivity contribution in [3.63, 3.8) is 0 Å². The number of guanidine groups is 2. The van der Waals surface area contributed by atoms with E-state index < -0.39 is 54.5 Å². The quantitative estimate of drug-likeness (QED) is 0.0389. The Hall–Kier alpha value is -3.70. The summed E-state index contributed by atoms with van der Waals surface area (Å²) < 4.78 is 0. The molecule has 17 nitrogen and oxygen atoms in total. The number of aliphatic hydroxyl groups is 1. The monoisotopic (exact) mass is 545 g/mol. The lowest BCUT2D eigenvalue weighted by molar-refractivity contribution is -0.143. The van der Waals surface area contributed by atoms with E-state index in [1.807, 2.05) is 0 Å². The van der Waals surface area contributed by atoms with Crippen molar-refractivity contribution in [1.82, 2.24) is 16.0 Å². The van der Waals surface area contributed by atoms with Crippen molar-refractivity contribution < 1.29 is 29.4 Å². The number of carboxylic acids is 1. The summed E-state index contributed by atoms with van der Waals surface area (Å²) in [6.45, 7) is -0.0312. The number of rotatable bonds is 20. The second-order valence-electron chi connectivity index (χ2n) is 8.49. The zero-order chi connectivity index (χ0) is 29.1. The number of unbranched alkanes of at least 4 members (excludes halogenated alkanes) is 1. The van der Waals surface area contributed by atoms with Crippen LogP contribution < -0.4 is 50.4 Å². The number of hydrogen-bond donors (Lipinski definition) is 11. The van der Waals surface area contributed by atoms with Crippen LogP contribution in [0.1, 0.15) is 44.9 Å². The predicted molar refractivity (Wildman–Crippen MR) is 141 cm³/mol. The minimum atomic E-state index is -1.55. The molecule has 218 valence electrons. The van der Waals surface area contributed by atoms with Crippen LogP contribution in [0, 0.1) is 0 Å². The van der Waals surface area contributed by atoms with E-state index >= 15 is 0 Å². The van der Waals surface area contributed by atoms with Crippen LogP contribution in [-0.2, 0) is 19.2 Å². The summed E-state index contributed by atoms with van der Waals surface area (Å²) in [5, 5.41) is 25.6. The zero-order valence-corrected chi connectivity index (χ0v) is 21.5. The third kappa shape index (κ3) is 15.4. The van der Waals surface area contributed by atoms with Crippen molar-refractivity contribution in [3.8, 4) is 0 Å². The molecule has 0 bridgehead atoms. The number of amides is 3. The first-order valence-electron chi connectivity index (χ1n) is 12.2. The van der Waals surface area contributed by atoms with Gasteiger partial charge >= 0.3 is 5.97 Å². The van der Waals surface area contributed by atoms with Gasteiger partial charge < -0.3 is 60.6 Å². The van der Waals surface area contributed by atoms with Crippen molar-refractivity contribution in [2.45, 2.75) is 69.1 Å². The van der Waals surface area contributed by atoms with Crippen LogP contribution in [0.4, 0.5) is 0 Å². The molecule has 0 aliphatic carbocycles. The summed E-state index contributed by atoms with van der Waals surface area (Å²) in [7, 11) is 0. The van der Waals surface area contributed by atoms with E-state index in [9.17, 15) is 24.3 Å². The van der Waals surface area contributed by atoms with Gasteiger partial charge in [-0.3, -0.25) is 24.4 Å². The van der Waals surface area contributed by atoms with E-state index in [2.05, 4.69) is 25.9 Å². The van der Waals surface area contributed by atoms with Gasteiger partial charge in [0, 0.05) is 13.1 Å². The largest absolute Gasteiger partial charge is 0.480 e. The average molecular weight is 546 g/mol.